The van der Waals surface area contributed by atoms with Gasteiger partial charge in [-0.05, 0) is 87.7 Å². The van der Waals surface area contributed by atoms with E-state index in [9.17, 15) is 22.8 Å². The maximum atomic E-state index is 14.0. The van der Waals surface area contributed by atoms with Gasteiger partial charge < -0.3 is 19.1 Å². The van der Waals surface area contributed by atoms with Gasteiger partial charge in [-0.2, -0.15) is 18.3 Å². The number of aromatic nitrogens is 3. The van der Waals surface area contributed by atoms with Gasteiger partial charge in [0.2, 0.25) is 0 Å². The zero-order valence-corrected chi connectivity index (χ0v) is 26.8. The number of thiophene rings is 1. The minimum atomic E-state index is -4.87. The van der Waals surface area contributed by atoms with Gasteiger partial charge >= 0.3 is 18.2 Å². The number of carbonyl (C=O) groups is 2. The number of nitrogens with zero attached hydrogens (tertiary/aromatic N) is 4. The molecule has 1 aromatic carbocycles. The third kappa shape index (κ3) is 7.69. The van der Waals surface area contributed by atoms with Crippen LogP contribution in [0.4, 0.5) is 18.0 Å². The Hall–Kier alpha value is -4.39. The molecule has 244 valence electrons. The molecule has 0 spiro atoms. The molecule has 0 bridgehead atoms. The molecule has 4 heterocycles. The number of ether oxygens (including phenoxy) is 3. The summed E-state index contributed by atoms with van der Waals surface area (Å²) in [5.41, 5.74) is -0.00766. The lowest BCUT2D eigenvalue weighted by molar-refractivity contribution is -0.143. The first-order chi connectivity index (χ1) is 21.8. The summed E-state index contributed by atoms with van der Waals surface area (Å²) < 4.78 is 59.0. The van der Waals surface area contributed by atoms with E-state index in [1.54, 1.807) is 17.0 Å². The van der Waals surface area contributed by atoms with Crippen LogP contribution < -0.4 is 4.74 Å². The fourth-order valence-electron chi connectivity index (χ4n) is 5.21. The summed E-state index contributed by atoms with van der Waals surface area (Å²) in [5.74, 6) is -0.193. The van der Waals surface area contributed by atoms with Crippen molar-refractivity contribution in [2.24, 2.45) is 0 Å². The first kappa shape index (κ1) is 33.0. The van der Waals surface area contributed by atoms with Crippen LogP contribution in [0.1, 0.15) is 73.6 Å². The van der Waals surface area contributed by atoms with Gasteiger partial charge in [-0.25, -0.2) is 19.3 Å². The molecule has 5 rings (SSSR count). The monoisotopic (exact) mass is 656 g/mol. The molecule has 13 heteroatoms. The molecule has 9 nitrogen and oxygen atoms in total. The van der Waals surface area contributed by atoms with Crippen molar-refractivity contribution in [2.45, 2.75) is 64.8 Å². The normalized spacial score (nSPS) is 14.3. The van der Waals surface area contributed by atoms with Gasteiger partial charge in [-0.15, -0.1) is 11.3 Å². The zero-order valence-electron chi connectivity index (χ0n) is 26.0. The number of pyridine rings is 1. The van der Waals surface area contributed by atoms with Crippen LogP contribution >= 0.6 is 11.3 Å². The van der Waals surface area contributed by atoms with Crippen LogP contribution in [0.2, 0.25) is 0 Å². The molecule has 1 aliphatic heterocycles. The van der Waals surface area contributed by atoms with Gasteiger partial charge in [-0.3, -0.25) is 0 Å². The SMILES string of the molecule is CCOC(=O)c1cnn(-c2cccc(-c3sccc3COc3ccc(C4CCN(C(=O)OC(C)(C)C)CC4)cc3)n2)c1C(F)(F)F. The number of carbonyl (C=O) groups excluding carboxylic acids is 2. The maximum Gasteiger partial charge on any atom is 0.434 e. The van der Waals surface area contributed by atoms with Crippen molar-refractivity contribution in [1.29, 1.82) is 0 Å². The first-order valence-electron chi connectivity index (χ1n) is 14.9. The van der Waals surface area contributed by atoms with E-state index in [1.807, 2.05) is 56.5 Å². The predicted molar refractivity (Wildman–Crippen MR) is 166 cm³/mol. The number of piperidine rings is 1. The molecule has 1 saturated heterocycles. The number of esters is 1. The highest BCUT2D eigenvalue weighted by Gasteiger charge is 2.41. The smallest absolute Gasteiger partial charge is 0.434 e. The number of likely N-dealkylation sites (tertiary alicyclic amines) is 1. The van der Waals surface area contributed by atoms with Crippen molar-refractivity contribution in [2.75, 3.05) is 19.7 Å². The van der Waals surface area contributed by atoms with Crippen LogP contribution in [0, 0.1) is 0 Å². The maximum absolute atomic E-state index is 14.0. The van der Waals surface area contributed by atoms with Crippen molar-refractivity contribution in [1.82, 2.24) is 19.7 Å². The Morgan fingerprint density at radius 2 is 1.74 bits per heavy atom. The fraction of sp³-hybridized carbons (Fsp3) is 0.394. The van der Waals surface area contributed by atoms with Crippen LogP contribution in [0.5, 0.6) is 5.75 Å². The first-order valence-corrected chi connectivity index (χ1v) is 15.8. The van der Waals surface area contributed by atoms with Gasteiger partial charge in [0.05, 0.1) is 23.4 Å². The Bertz CT molecular complexity index is 1670. The molecule has 0 N–H and O–H groups in total. The van der Waals surface area contributed by atoms with E-state index in [1.165, 1.54) is 29.9 Å². The third-order valence-corrected chi connectivity index (χ3v) is 8.34. The minimum Gasteiger partial charge on any atom is -0.489 e. The molecule has 3 aromatic heterocycles. The molecule has 0 atom stereocenters. The highest BCUT2D eigenvalue weighted by Crippen LogP contribution is 2.35. The van der Waals surface area contributed by atoms with E-state index in [4.69, 9.17) is 14.2 Å². The second-order valence-corrected chi connectivity index (χ2v) is 12.7. The number of hydrogen-bond donors (Lipinski definition) is 0. The highest BCUT2D eigenvalue weighted by molar-refractivity contribution is 7.13. The van der Waals surface area contributed by atoms with Crippen LogP contribution in [0.25, 0.3) is 16.4 Å². The van der Waals surface area contributed by atoms with E-state index in [0.717, 1.165) is 29.5 Å². The average Bonchev–Trinajstić information content (AvgIpc) is 3.68. The average molecular weight is 657 g/mol. The van der Waals surface area contributed by atoms with Gasteiger partial charge in [0.25, 0.3) is 0 Å². The zero-order chi connectivity index (χ0) is 33.1. The Morgan fingerprint density at radius 1 is 1.02 bits per heavy atom. The summed E-state index contributed by atoms with van der Waals surface area (Å²) in [6.45, 7) is 8.52. The van der Waals surface area contributed by atoms with Crippen LogP contribution in [-0.2, 0) is 22.3 Å². The quantitative estimate of drug-likeness (QED) is 0.178. The Labute approximate surface area is 268 Å². The van der Waals surface area contributed by atoms with Gasteiger partial charge in [0.1, 0.15) is 23.5 Å². The Kier molecular flexibility index (Phi) is 9.71. The molecule has 46 heavy (non-hydrogen) atoms. The van der Waals surface area contributed by atoms with Gasteiger partial charge in [0, 0.05) is 18.7 Å². The van der Waals surface area contributed by atoms with Crippen molar-refractivity contribution in [3.63, 3.8) is 0 Å². The number of halogens is 3. The van der Waals surface area contributed by atoms with Crippen molar-refractivity contribution >= 4 is 23.4 Å². The lowest BCUT2D eigenvalue weighted by Crippen LogP contribution is -2.41. The third-order valence-electron chi connectivity index (χ3n) is 7.36. The summed E-state index contributed by atoms with van der Waals surface area (Å²) in [6.07, 6.45) is -2.61. The second kappa shape index (κ2) is 13.5. The molecule has 0 unspecified atom stereocenters. The fourth-order valence-corrected chi connectivity index (χ4v) is 6.10. The minimum absolute atomic E-state index is 0.0703. The van der Waals surface area contributed by atoms with Crippen molar-refractivity contribution in [3.8, 4) is 22.1 Å². The van der Waals surface area contributed by atoms with E-state index in [0.29, 0.717) is 35.1 Å². The molecule has 0 saturated carbocycles. The topological polar surface area (TPSA) is 95.8 Å². The van der Waals surface area contributed by atoms with E-state index in [-0.39, 0.29) is 25.1 Å². The van der Waals surface area contributed by atoms with Gasteiger partial charge in [-0.1, -0.05) is 18.2 Å². The Morgan fingerprint density at radius 3 is 2.39 bits per heavy atom. The predicted octanol–water partition coefficient (Wildman–Crippen LogP) is 7.88. The molecule has 0 radical (unpaired) electrons. The summed E-state index contributed by atoms with van der Waals surface area (Å²) in [5, 5.41) is 5.70. The van der Waals surface area contributed by atoms with E-state index < -0.39 is 29.0 Å². The molecular formula is C33H35F3N4O5S. The van der Waals surface area contributed by atoms with Crippen LogP contribution in [0.15, 0.2) is 60.1 Å². The molecule has 4 aromatic rings. The largest absolute Gasteiger partial charge is 0.489 e. The molecule has 0 aliphatic carbocycles. The number of hydrogen-bond acceptors (Lipinski definition) is 8. The lowest BCUT2D eigenvalue weighted by atomic mass is 9.89. The van der Waals surface area contributed by atoms with Crippen molar-refractivity contribution < 1.29 is 37.0 Å². The molecule has 1 amide bonds. The lowest BCUT2D eigenvalue weighted by Gasteiger charge is -2.33. The van der Waals surface area contributed by atoms with Gasteiger partial charge in [0.15, 0.2) is 11.5 Å². The highest BCUT2D eigenvalue weighted by atomic mass is 32.1. The Balaban J connectivity index is 1.25. The summed E-state index contributed by atoms with van der Waals surface area (Å²) in [4.78, 5) is 31.5. The van der Waals surface area contributed by atoms with Crippen LogP contribution in [0.3, 0.4) is 0 Å². The van der Waals surface area contributed by atoms with Crippen molar-refractivity contribution in [3.05, 3.63) is 82.5 Å². The molecule has 1 aliphatic rings. The number of rotatable bonds is 8. The second-order valence-electron chi connectivity index (χ2n) is 11.8. The van der Waals surface area contributed by atoms with E-state index in [2.05, 4.69) is 10.1 Å². The summed E-state index contributed by atoms with van der Waals surface area (Å²) >= 11 is 1.39. The number of alkyl halides is 3. The number of amides is 1. The molecule has 1 fully saturated rings. The van der Waals surface area contributed by atoms with E-state index >= 15 is 0 Å². The van der Waals surface area contributed by atoms with Crippen LogP contribution in [-0.4, -0.2) is 57.0 Å². The summed E-state index contributed by atoms with van der Waals surface area (Å²) in [6, 6.07) is 14.5. The molecular weight excluding hydrogens is 621 g/mol. The standard InChI is InChI=1S/C33H35F3N4O5S/c1-5-43-30(41)25-19-37-40(29(25)33(34,35)36)27-8-6-7-26(38-27)28-23(15-18-46-28)20-44-24-11-9-21(10-12-24)22-13-16-39(17-14-22)31(42)45-32(2,3)4/h6-12,15,18-19,22H,5,13-14,16-17,20H2,1-4H3. The number of benzene rings is 1. The summed E-state index contributed by atoms with van der Waals surface area (Å²) in [7, 11) is 0.